The van der Waals surface area contributed by atoms with E-state index >= 15 is 0 Å². The molecule has 1 atom stereocenters. The first kappa shape index (κ1) is 11.1. The number of carbonyl (C=O) groups is 2. The molecule has 1 aromatic carbocycles. The zero-order chi connectivity index (χ0) is 11.8. The Labute approximate surface area is 101 Å². The summed E-state index contributed by atoms with van der Waals surface area (Å²) in [5.41, 5.74) is 0.732. The Morgan fingerprint density at radius 3 is 2.50 bits per heavy atom. The molecule has 0 radical (unpaired) electrons. The molecule has 0 aromatic heterocycles. The van der Waals surface area contributed by atoms with E-state index in [2.05, 4.69) is 15.9 Å². The summed E-state index contributed by atoms with van der Waals surface area (Å²) in [5.74, 6) is -1.54. The lowest BCUT2D eigenvalue weighted by molar-refractivity contribution is -0.142. The molecule has 1 aliphatic heterocycles. The molecule has 5 heteroatoms. The van der Waals surface area contributed by atoms with Crippen molar-refractivity contribution in [3.05, 3.63) is 30.3 Å². The Hall–Kier alpha value is -1.36. The molecule has 0 bridgehead atoms. The van der Waals surface area contributed by atoms with Crippen molar-refractivity contribution in [3.63, 3.8) is 0 Å². The lowest BCUT2D eigenvalue weighted by Gasteiger charge is -2.18. The van der Waals surface area contributed by atoms with Gasteiger partial charge in [0.25, 0.3) is 5.91 Å². The van der Waals surface area contributed by atoms with Crippen molar-refractivity contribution in [3.8, 4) is 0 Å². The van der Waals surface area contributed by atoms with Crippen LogP contribution in [0.4, 0.5) is 5.69 Å². The minimum Gasteiger partial charge on any atom is -0.480 e. The van der Waals surface area contributed by atoms with Crippen molar-refractivity contribution in [2.24, 2.45) is 0 Å². The van der Waals surface area contributed by atoms with Crippen LogP contribution in [0.1, 0.15) is 6.42 Å². The fourth-order valence-corrected chi connectivity index (χ4v) is 2.13. The second-order valence-corrected chi connectivity index (χ2v) is 5.00. The van der Waals surface area contributed by atoms with E-state index in [4.69, 9.17) is 5.11 Å². The molecule has 2 rings (SSSR count). The van der Waals surface area contributed by atoms with E-state index in [1.54, 1.807) is 12.1 Å². The van der Waals surface area contributed by atoms with E-state index < -0.39 is 16.2 Å². The van der Waals surface area contributed by atoms with E-state index in [9.17, 15) is 9.59 Å². The standard InChI is InChI=1S/C11H10BrNO3/c12-11(10(15)16)6-7-13(9(11)14)8-4-2-1-3-5-8/h1-5H,6-7H2,(H,15,16). The minimum absolute atomic E-state index is 0.274. The summed E-state index contributed by atoms with van der Waals surface area (Å²) < 4.78 is -1.46. The van der Waals surface area contributed by atoms with E-state index in [1.165, 1.54) is 4.90 Å². The molecule has 4 nitrogen and oxygen atoms in total. The number of carbonyl (C=O) groups excluding carboxylic acids is 1. The van der Waals surface area contributed by atoms with Crippen molar-refractivity contribution in [1.29, 1.82) is 0 Å². The van der Waals surface area contributed by atoms with Crippen molar-refractivity contribution in [2.45, 2.75) is 10.7 Å². The number of benzene rings is 1. The number of alkyl halides is 1. The maximum atomic E-state index is 12.0. The normalized spacial score (nSPS) is 24.8. The predicted octanol–water partition coefficient (Wildman–Crippen LogP) is 1.64. The number of amides is 1. The van der Waals surface area contributed by atoms with Gasteiger partial charge in [-0.1, -0.05) is 34.1 Å². The Morgan fingerprint density at radius 1 is 1.38 bits per heavy atom. The van der Waals surface area contributed by atoms with Gasteiger partial charge >= 0.3 is 5.97 Å². The van der Waals surface area contributed by atoms with Crippen LogP contribution < -0.4 is 4.90 Å². The fraction of sp³-hybridized carbons (Fsp3) is 0.273. The molecule has 0 spiro atoms. The van der Waals surface area contributed by atoms with Crippen molar-refractivity contribution < 1.29 is 14.7 Å². The number of carboxylic acids is 1. The molecule has 1 N–H and O–H groups in total. The van der Waals surface area contributed by atoms with Crippen LogP contribution in [0.25, 0.3) is 0 Å². The number of anilines is 1. The van der Waals surface area contributed by atoms with Gasteiger partial charge in [0.15, 0.2) is 0 Å². The van der Waals surface area contributed by atoms with Gasteiger partial charge in [0, 0.05) is 18.7 Å². The molecule has 1 unspecified atom stereocenters. The third-order valence-corrected chi connectivity index (χ3v) is 3.75. The molecule has 84 valence electrons. The Kier molecular flexibility index (Phi) is 2.71. The average molecular weight is 284 g/mol. The number of hydrogen-bond acceptors (Lipinski definition) is 2. The SMILES string of the molecule is O=C(O)C1(Br)CCN(c2ccccc2)C1=O. The summed E-state index contributed by atoms with van der Waals surface area (Å²) >= 11 is 3.02. The number of aliphatic carboxylic acids is 1. The molecule has 16 heavy (non-hydrogen) atoms. The Morgan fingerprint density at radius 2 is 2.00 bits per heavy atom. The zero-order valence-electron chi connectivity index (χ0n) is 8.39. The number of carboxylic acid groups (broad SMARTS) is 1. The number of nitrogens with zero attached hydrogens (tertiary/aromatic N) is 1. The van der Waals surface area contributed by atoms with Gasteiger partial charge in [-0.3, -0.25) is 9.59 Å². The van der Waals surface area contributed by atoms with Crippen LogP contribution in [-0.4, -0.2) is 27.9 Å². The Bertz CT molecular complexity index is 434. The molecule has 1 fully saturated rings. The van der Waals surface area contributed by atoms with E-state index in [0.29, 0.717) is 6.54 Å². The number of para-hydroxylation sites is 1. The van der Waals surface area contributed by atoms with Gasteiger partial charge < -0.3 is 10.0 Å². The van der Waals surface area contributed by atoms with Crippen molar-refractivity contribution in [1.82, 2.24) is 0 Å². The quantitative estimate of drug-likeness (QED) is 0.663. The zero-order valence-corrected chi connectivity index (χ0v) is 9.98. The van der Waals surface area contributed by atoms with Crippen LogP contribution in [0.5, 0.6) is 0 Å². The molecule has 1 aromatic rings. The van der Waals surface area contributed by atoms with Crippen LogP contribution >= 0.6 is 15.9 Å². The van der Waals surface area contributed by atoms with Gasteiger partial charge in [0.05, 0.1) is 0 Å². The molecule has 1 amide bonds. The van der Waals surface area contributed by atoms with Crippen LogP contribution in [0.15, 0.2) is 30.3 Å². The smallest absolute Gasteiger partial charge is 0.330 e. The Balaban J connectivity index is 2.30. The number of rotatable bonds is 2. The maximum Gasteiger partial charge on any atom is 0.330 e. The van der Waals surface area contributed by atoms with E-state index in [1.807, 2.05) is 18.2 Å². The van der Waals surface area contributed by atoms with E-state index in [-0.39, 0.29) is 6.42 Å². The molecule has 0 saturated carbocycles. The van der Waals surface area contributed by atoms with Crippen LogP contribution in [0, 0.1) is 0 Å². The van der Waals surface area contributed by atoms with Gasteiger partial charge in [0.1, 0.15) is 0 Å². The second kappa shape index (κ2) is 3.90. The first-order valence-corrected chi connectivity index (χ1v) is 5.64. The molecular weight excluding hydrogens is 274 g/mol. The number of hydrogen-bond donors (Lipinski definition) is 1. The third-order valence-electron chi connectivity index (χ3n) is 2.67. The molecule has 1 heterocycles. The molecule has 1 aliphatic rings. The highest BCUT2D eigenvalue weighted by Crippen LogP contribution is 2.34. The highest BCUT2D eigenvalue weighted by molar-refractivity contribution is 9.10. The topological polar surface area (TPSA) is 57.6 Å². The lowest BCUT2D eigenvalue weighted by atomic mass is 10.1. The van der Waals surface area contributed by atoms with Crippen LogP contribution in [0.2, 0.25) is 0 Å². The molecule has 0 aliphatic carbocycles. The molecular formula is C11H10BrNO3. The third kappa shape index (κ3) is 1.61. The summed E-state index contributed by atoms with van der Waals surface area (Å²) in [6.07, 6.45) is 0.274. The first-order chi connectivity index (χ1) is 7.55. The summed E-state index contributed by atoms with van der Waals surface area (Å²) in [5, 5.41) is 9.01. The minimum atomic E-state index is -1.46. The highest BCUT2D eigenvalue weighted by atomic mass is 79.9. The fourth-order valence-electron chi connectivity index (χ4n) is 1.74. The average Bonchev–Trinajstić information content (AvgIpc) is 2.59. The summed E-state index contributed by atoms with van der Waals surface area (Å²) in [4.78, 5) is 24.5. The largest absolute Gasteiger partial charge is 0.480 e. The summed E-state index contributed by atoms with van der Waals surface area (Å²) in [6.45, 7) is 0.417. The van der Waals surface area contributed by atoms with Gasteiger partial charge in [0.2, 0.25) is 4.32 Å². The van der Waals surface area contributed by atoms with Crippen LogP contribution in [0.3, 0.4) is 0 Å². The monoisotopic (exact) mass is 283 g/mol. The van der Waals surface area contributed by atoms with Crippen molar-refractivity contribution >= 4 is 33.5 Å². The predicted molar refractivity (Wildman–Crippen MR) is 62.7 cm³/mol. The van der Waals surface area contributed by atoms with Gasteiger partial charge in [-0.25, -0.2) is 0 Å². The maximum absolute atomic E-state index is 12.0. The summed E-state index contributed by atoms with van der Waals surface area (Å²) in [7, 11) is 0. The van der Waals surface area contributed by atoms with Crippen LogP contribution in [-0.2, 0) is 9.59 Å². The van der Waals surface area contributed by atoms with Gasteiger partial charge in [-0.05, 0) is 12.1 Å². The first-order valence-electron chi connectivity index (χ1n) is 4.85. The van der Waals surface area contributed by atoms with Crippen molar-refractivity contribution in [2.75, 3.05) is 11.4 Å². The molecule has 1 saturated heterocycles. The number of halogens is 1. The summed E-state index contributed by atoms with van der Waals surface area (Å²) in [6, 6.07) is 9.06. The van der Waals surface area contributed by atoms with E-state index in [0.717, 1.165) is 5.69 Å². The highest BCUT2D eigenvalue weighted by Gasteiger charge is 2.51. The van der Waals surface area contributed by atoms with Gasteiger partial charge in [-0.2, -0.15) is 0 Å². The lowest BCUT2D eigenvalue weighted by Crippen LogP contribution is -2.41. The van der Waals surface area contributed by atoms with Gasteiger partial charge in [-0.15, -0.1) is 0 Å². The second-order valence-electron chi connectivity index (χ2n) is 3.65.